The van der Waals surface area contributed by atoms with Crippen molar-refractivity contribution in [3.05, 3.63) is 57.6 Å². The third-order valence-electron chi connectivity index (χ3n) is 6.92. The fourth-order valence-electron chi connectivity index (χ4n) is 4.52. The summed E-state index contributed by atoms with van der Waals surface area (Å²) in [5, 5.41) is 0. The molecule has 0 aliphatic rings. The largest absolute Gasteiger partial charge is 0.474 e. The van der Waals surface area contributed by atoms with Gasteiger partial charge in [-0.05, 0) is 32.8 Å². The molecule has 226 valence electrons. The van der Waals surface area contributed by atoms with Gasteiger partial charge < -0.3 is 18.8 Å². The van der Waals surface area contributed by atoms with Gasteiger partial charge in [-0.1, -0.05) is 114 Å². The van der Waals surface area contributed by atoms with E-state index in [1.165, 1.54) is 0 Å². The highest BCUT2D eigenvalue weighted by molar-refractivity contribution is 7.81. The van der Waals surface area contributed by atoms with Gasteiger partial charge in [0.1, 0.15) is 11.5 Å². The van der Waals surface area contributed by atoms with Crippen molar-refractivity contribution < 1.29 is 28.0 Å². The van der Waals surface area contributed by atoms with E-state index in [0.29, 0.717) is 22.3 Å². The molecule has 0 bridgehead atoms. The summed E-state index contributed by atoms with van der Waals surface area (Å²) >= 11 is 11.6. The van der Waals surface area contributed by atoms with Crippen molar-refractivity contribution in [3.8, 4) is 11.5 Å². The maximum absolute atomic E-state index is 12.5. The first-order valence-electron chi connectivity index (χ1n) is 13.3. The van der Waals surface area contributed by atoms with E-state index in [-0.39, 0.29) is 22.3 Å². The molecular formula is C30H46Cl2O6P2. The van der Waals surface area contributed by atoms with Crippen LogP contribution in [0.15, 0.2) is 24.3 Å². The summed E-state index contributed by atoms with van der Waals surface area (Å²) in [7, 11) is 0. The van der Waals surface area contributed by atoms with Crippen LogP contribution >= 0.6 is 36.4 Å². The monoisotopic (exact) mass is 634 g/mol. The lowest BCUT2D eigenvalue weighted by molar-refractivity contribution is 0.390. The van der Waals surface area contributed by atoms with E-state index in [4.69, 9.17) is 31.5 Å². The lowest BCUT2D eigenvalue weighted by Gasteiger charge is -2.33. The van der Waals surface area contributed by atoms with E-state index in [2.05, 4.69) is 41.5 Å². The summed E-state index contributed by atoms with van der Waals surface area (Å²) in [5.74, 6) is -0.115. The van der Waals surface area contributed by atoms with Crippen molar-refractivity contribution in [1.29, 1.82) is 0 Å². The summed E-state index contributed by atoms with van der Waals surface area (Å²) in [6.45, 7) is 17.4. The van der Waals surface area contributed by atoms with E-state index in [1.54, 1.807) is 0 Å². The van der Waals surface area contributed by atoms with Crippen molar-refractivity contribution in [2.24, 2.45) is 0 Å². The van der Waals surface area contributed by atoms with Gasteiger partial charge in [-0.15, -0.1) is 0 Å². The van der Waals surface area contributed by atoms with Gasteiger partial charge in [0.2, 0.25) is 0 Å². The summed E-state index contributed by atoms with van der Waals surface area (Å²) in [6, 6.07) is 7.88. The predicted octanol–water partition coefficient (Wildman–Crippen LogP) is 10.5. The average molecular weight is 636 g/mol. The van der Waals surface area contributed by atoms with Crippen LogP contribution in [0.1, 0.15) is 129 Å². The zero-order valence-corrected chi connectivity index (χ0v) is 29.4. The Morgan fingerprint density at radius 1 is 0.600 bits per heavy atom. The molecular weight excluding hydrogens is 589 g/mol. The first kappa shape index (κ1) is 35.2. The van der Waals surface area contributed by atoms with E-state index in [0.717, 1.165) is 11.1 Å². The molecule has 0 spiro atoms. The molecule has 2 N–H and O–H groups in total. The maximum Gasteiger partial charge on any atom is 0.474 e. The topological polar surface area (TPSA) is 93.1 Å². The fraction of sp³-hybridized carbons (Fsp3) is 0.600. The predicted molar refractivity (Wildman–Crippen MR) is 168 cm³/mol. The normalized spacial score (nSPS) is 17.1. The highest BCUT2D eigenvalue weighted by Gasteiger charge is 2.35. The smallest absolute Gasteiger partial charge is 0.413 e. The molecule has 2 aromatic carbocycles. The van der Waals surface area contributed by atoms with Crippen LogP contribution in [0, 0.1) is 0 Å². The molecule has 0 aliphatic heterocycles. The van der Waals surface area contributed by atoms with Crippen LogP contribution in [0.2, 0.25) is 0 Å². The SMILES string of the molecule is CC(c1cc(C(C)(C)C)cc(C(C)(C)C)c1OP(=O)(O)Cl)c1cc(C(C)(C)C)cc(C(C)(C)C)c1OP(=O)(O)Cl. The quantitative estimate of drug-likeness (QED) is 0.307. The van der Waals surface area contributed by atoms with Crippen LogP contribution in [0.5, 0.6) is 11.5 Å². The number of hydrogen-bond donors (Lipinski definition) is 2. The first-order chi connectivity index (χ1) is 17.5. The van der Waals surface area contributed by atoms with Crippen molar-refractivity contribution in [3.63, 3.8) is 0 Å². The fourth-order valence-corrected chi connectivity index (χ4v) is 5.79. The van der Waals surface area contributed by atoms with Crippen LogP contribution in [0.3, 0.4) is 0 Å². The Hall–Kier alpha value is -1.000. The molecule has 0 fully saturated rings. The van der Waals surface area contributed by atoms with Crippen LogP contribution in [0.25, 0.3) is 0 Å². The summed E-state index contributed by atoms with van der Waals surface area (Å²) in [4.78, 5) is 20.3. The van der Waals surface area contributed by atoms with Crippen molar-refractivity contribution in [2.75, 3.05) is 0 Å². The minimum absolute atomic E-state index is 0.205. The highest BCUT2D eigenvalue weighted by Crippen LogP contribution is 2.56. The van der Waals surface area contributed by atoms with Gasteiger partial charge in [-0.2, -0.15) is 0 Å². The first-order valence-corrected chi connectivity index (χ1v) is 18.3. The van der Waals surface area contributed by atoms with Gasteiger partial charge >= 0.3 is 13.9 Å². The lowest BCUT2D eigenvalue weighted by Crippen LogP contribution is -2.21. The van der Waals surface area contributed by atoms with Crippen LogP contribution in [-0.4, -0.2) is 9.79 Å². The molecule has 2 unspecified atom stereocenters. The Labute approximate surface area is 250 Å². The zero-order valence-electron chi connectivity index (χ0n) is 26.1. The highest BCUT2D eigenvalue weighted by atomic mass is 35.7. The summed E-state index contributed by atoms with van der Waals surface area (Å²) in [6.07, 6.45) is 0. The van der Waals surface area contributed by atoms with Gasteiger partial charge in [0.15, 0.2) is 0 Å². The second kappa shape index (κ2) is 11.3. The molecule has 0 heterocycles. The molecule has 0 aromatic heterocycles. The zero-order chi connectivity index (χ0) is 31.4. The van der Waals surface area contributed by atoms with Gasteiger partial charge in [-0.25, -0.2) is 9.13 Å². The Morgan fingerprint density at radius 3 is 1.07 bits per heavy atom. The molecule has 6 nitrogen and oxygen atoms in total. The number of hydrogen-bond acceptors (Lipinski definition) is 4. The molecule has 0 saturated carbocycles. The van der Waals surface area contributed by atoms with Crippen LogP contribution in [0.4, 0.5) is 0 Å². The number of benzene rings is 2. The molecule has 0 aliphatic carbocycles. The average Bonchev–Trinajstić information content (AvgIpc) is 2.67. The summed E-state index contributed by atoms with van der Waals surface area (Å²) < 4.78 is 36.2. The standard InChI is InChI=1S/C30H46Cl2O6P2/c1-18(21-14-19(27(2,3)4)16-23(29(8,9)10)25(21)37-39(31,33)34)22-15-20(28(5,6)7)17-24(30(11,12)13)26(22)38-40(32,35)36/h14-18H,1-13H3,(H,33,34)(H,35,36). The van der Waals surface area contributed by atoms with E-state index in [9.17, 15) is 18.9 Å². The molecule has 0 radical (unpaired) electrons. The number of halogens is 2. The Bertz CT molecular complexity index is 1240. The minimum atomic E-state index is -4.48. The van der Waals surface area contributed by atoms with Crippen molar-refractivity contribution >= 4 is 36.4 Å². The molecule has 40 heavy (non-hydrogen) atoms. The van der Waals surface area contributed by atoms with E-state index >= 15 is 0 Å². The summed E-state index contributed by atoms with van der Waals surface area (Å²) in [5.41, 5.74) is 3.13. The van der Waals surface area contributed by atoms with Gasteiger partial charge in [0.25, 0.3) is 0 Å². The van der Waals surface area contributed by atoms with Crippen molar-refractivity contribution in [2.45, 2.75) is 118 Å². The lowest BCUT2D eigenvalue weighted by atomic mass is 9.74. The second-order valence-electron chi connectivity index (χ2n) is 14.7. The molecule has 2 atom stereocenters. The van der Waals surface area contributed by atoms with Gasteiger partial charge in [0, 0.05) is 50.7 Å². The van der Waals surface area contributed by atoms with E-state index < -0.39 is 30.6 Å². The van der Waals surface area contributed by atoms with Crippen LogP contribution in [-0.2, 0) is 30.8 Å². The minimum Gasteiger partial charge on any atom is -0.413 e. The molecule has 2 aromatic rings. The van der Waals surface area contributed by atoms with Gasteiger partial charge in [0.05, 0.1) is 0 Å². The number of rotatable bonds is 6. The third-order valence-corrected chi connectivity index (χ3v) is 8.15. The molecule has 0 amide bonds. The Morgan fingerprint density at radius 2 is 0.875 bits per heavy atom. The Balaban J connectivity index is 3.18. The van der Waals surface area contributed by atoms with Gasteiger partial charge in [-0.3, -0.25) is 0 Å². The Kier molecular flexibility index (Phi) is 9.90. The molecule has 10 heteroatoms. The van der Waals surface area contributed by atoms with Crippen LogP contribution < -0.4 is 9.05 Å². The molecule has 0 saturated heterocycles. The van der Waals surface area contributed by atoms with Crippen molar-refractivity contribution in [1.82, 2.24) is 0 Å². The third kappa shape index (κ3) is 9.00. The second-order valence-corrected chi connectivity index (χ2v) is 19.4. The maximum atomic E-state index is 12.5. The molecule has 2 rings (SSSR count). The van der Waals surface area contributed by atoms with E-state index in [1.807, 2.05) is 72.7 Å².